The van der Waals surface area contributed by atoms with Gasteiger partial charge in [0.15, 0.2) is 0 Å². The van der Waals surface area contributed by atoms with Gasteiger partial charge < -0.3 is 15.4 Å². The molecule has 0 aromatic heterocycles. The van der Waals surface area contributed by atoms with Gasteiger partial charge in [-0.2, -0.15) is 0 Å². The van der Waals surface area contributed by atoms with E-state index < -0.39 is 0 Å². The molecule has 0 bridgehead atoms. The predicted octanol–water partition coefficient (Wildman–Crippen LogP) is 2.44. The van der Waals surface area contributed by atoms with Crippen LogP contribution in [0.1, 0.15) is 24.0 Å². The molecule has 0 radical (unpaired) electrons. The first kappa shape index (κ1) is 13.4. The number of aryl methyl sites for hydroxylation is 1. The Balaban J connectivity index is 1.85. The lowest BCUT2D eigenvalue weighted by atomic mass is 9.99. The van der Waals surface area contributed by atoms with Crippen LogP contribution in [0.5, 0.6) is 0 Å². The Morgan fingerprint density at radius 3 is 2.72 bits per heavy atom. The fourth-order valence-corrected chi connectivity index (χ4v) is 2.58. The lowest BCUT2D eigenvalue weighted by Crippen LogP contribution is -2.29. The molecule has 100 valence electrons. The Hall–Kier alpha value is -1.06. The number of nitrogens with zero attached hydrogens (tertiary/aromatic N) is 1. The van der Waals surface area contributed by atoms with E-state index >= 15 is 0 Å². The highest BCUT2D eigenvalue weighted by Gasteiger charge is 2.15. The van der Waals surface area contributed by atoms with Gasteiger partial charge in [0, 0.05) is 32.0 Å². The summed E-state index contributed by atoms with van der Waals surface area (Å²) in [7, 11) is 2.20. The number of nitrogens with two attached hydrogens (primary N) is 1. The Bertz CT molecular complexity index is 386. The first-order valence-corrected chi connectivity index (χ1v) is 6.76. The first-order chi connectivity index (χ1) is 8.65. The van der Waals surface area contributed by atoms with Gasteiger partial charge in [0.1, 0.15) is 0 Å². The minimum Gasteiger partial charge on any atom is -0.399 e. The smallest absolute Gasteiger partial charge is 0.0469 e. The summed E-state index contributed by atoms with van der Waals surface area (Å²) in [5.74, 6) is 0.790. The van der Waals surface area contributed by atoms with Crippen LogP contribution in [0.25, 0.3) is 0 Å². The van der Waals surface area contributed by atoms with Gasteiger partial charge in [0.2, 0.25) is 0 Å². The zero-order valence-corrected chi connectivity index (χ0v) is 11.5. The Morgan fingerprint density at radius 1 is 1.33 bits per heavy atom. The van der Waals surface area contributed by atoms with Gasteiger partial charge in [0.05, 0.1) is 0 Å². The number of rotatable bonds is 4. The molecule has 0 unspecified atom stereocenters. The second-order valence-electron chi connectivity index (χ2n) is 5.44. The highest BCUT2D eigenvalue weighted by molar-refractivity contribution is 5.47. The van der Waals surface area contributed by atoms with E-state index in [1.807, 2.05) is 6.07 Å². The predicted molar refractivity (Wildman–Crippen MR) is 75.5 cm³/mol. The largest absolute Gasteiger partial charge is 0.399 e. The van der Waals surface area contributed by atoms with Gasteiger partial charge >= 0.3 is 0 Å². The fourth-order valence-electron chi connectivity index (χ4n) is 2.58. The molecule has 18 heavy (non-hydrogen) atoms. The molecule has 2 rings (SSSR count). The van der Waals surface area contributed by atoms with Crippen molar-refractivity contribution in [3.63, 3.8) is 0 Å². The van der Waals surface area contributed by atoms with Crippen LogP contribution >= 0.6 is 0 Å². The van der Waals surface area contributed by atoms with Crippen molar-refractivity contribution in [2.45, 2.75) is 26.3 Å². The summed E-state index contributed by atoms with van der Waals surface area (Å²) in [5.41, 5.74) is 9.24. The summed E-state index contributed by atoms with van der Waals surface area (Å²) in [4.78, 5) is 2.40. The maximum atomic E-state index is 5.84. The van der Waals surface area contributed by atoms with Crippen molar-refractivity contribution in [3.8, 4) is 0 Å². The molecule has 1 aromatic rings. The number of benzene rings is 1. The number of ether oxygens (including phenoxy) is 1. The number of hydrogen-bond acceptors (Lipinski definition) is 3. The van der Waals surface area contributed by atoms with Crippen LogP contribution in [-0.2, 0) is 11.3 Å². The topological polar surface area (TPSA) is 38.5 Å². The molecule has 3 heteroatoms. The summed E-state index contributed by atoms with van der Waals surface area (Å²) in [5, 5.41) is 0. The maximum Gasteiger partial charge on any atom is 0.0469 e. The van der Waals surface area contributed by atoms with Crippen LogP contribution in [0, 0.1) is 12.8 Å². The number of anilines is 1. The zero-order valence-electron chi connectivity index (χ0n) is 11.5. The van der Waals surface area contributed by atoms with E-state index in [1.54, 1.807) is 0 Å². The minimum absolute atomic E-state index is 0.790. The molecule has 1 fully saturated rings. The lowest BCUT2D eigenvalue weighted by Gasteiger charge is -2.27. The minimum atomic E-state index is 0.790. The zero-order chi connectivity index (χ0) is 13.0. The molecule has 1 aromatic carbocycles. The third-order valence-electron chi connectivity index (χ3n) is 3.70. The van der Waals surface area contributed by atoms with Crippen molar-refractivity contribution < 1.29 is 4.74 Å². The van der Waals surface area contributed by atoms with Gasteiger partial charge in [-0.25, -0.2) is 0 Å². The third-order valence-corrected chi connectivity index (χ3v) is 3.70. The average Bonchev–Trinajstić information content (AvgIpc) is 2.35. The fraction of sp³-hybridized carbons (Fsp3) is 0.600. The Kier molecular flexibility index (Phi) is 4.61. The monoisotopic (exact) mass is 248 g/mol. The first-order valence-electron chi connectivity index (χ1n) is 6.76. The molecule has 1 aliphatic rings. The van der Waals surface area contributed by atoms with E-state index in [0.29, 0.717) is 0 Å². The van der Waals surface area contributed by atoms with E-state index in [2.05, 4.69) is 31.0 Å². The van der Waals surface area contributed by atoms with Crippen molar-refractivity contribution in [2.24, 2.45) is 5.92 Å². The van der Waals surface area contributed by atoms with E-state index in [4.69, 9.17) is 10.5 Å². The molecule has 0 amide bonds. The van der Waals surface area contributed by atoms with Crippen LogP contribution in [0.3, 0.4) is 0 Å². The Morgan fingerprint density at radius 2 is 2.06 bits per heavy atom. The van der Waals surface area contributed by atoms with Crippen molar-refractivity contribution in [1.29, 1.82) is 0 Å². The standard InChI is InChI=1S/C15H24N2O/c1-12-9-14(3-4-15(12)16)11-17(2)10-13-5-7-18-8-6-13/h3-4,9,13H,5-8,10-11,16H2,1-2H3. The molecule has 1 saturated heterocycles. The van der Waals surface area contributed by atoms with E-state index in [1.165, 1.54) is 24.0 Å². The van der Waals surface area contributed by atoms with Crippen molar-refractivity contribution in [3.05, 3.63) is 29.3 Å². The van der Waals surface area contributed by atoms with Crippen LogP contribution in [0.2, 0.25) is 0 Å². The van der Waals surface area contributed by atoms with Gasteiger partial charge in [0.25, 0.3) is 0 Å². The van der Waals surface area contributed by atoms with Gasteiger partial charge in [-0.1, -0.05) is 12.1 Å². The maximum absolute atomic E-state index is 5.84. The highest BCUT2D eigenvalue weighted by Crippen LogP contribution is 2.18. The summed E-state index contributed by atoms with van der Waals surface area (Å²) in [6, 6.07) is 6.32. The van der Waals surface area contributed by atoms with Gasteiger partial charge in [-0.3, -0.25) is 0 Å². The summed E-state index contributed by atoms with van der Waals surface area (Å²) >= 11 is 0. The van der Waals surface area contributed by atoms with Crippen LogP contribution < -0.4 is 5.73 Å². The van der Waals surface area contributed by atoms with Gasteiger partial charge in [-0.05, 0) is 49.9 Å². The van der Waals surface area contributed by atoms with Crippen LogP contribution in [-0.4, -0.2) is 31.7 Å². The third kappa shape index (κ3) is 3.72. The summed E-state index contributed by atoms with van der Waals surface area (Å²) < 4.78 is 5.40. The van der Waals surface area contributed by atoms with Crippen LogP contribution in [0.15, 0.2) is 18.2 Å². The number of hydrogen-bond donors (Lipinski definition) is 1. The van der Waals surface area contributed by atoms with E-state index in [0.717, 1.165) is 37.9 Å². The molecular weight excluding hydrogens is 224 g/mol. The molecule has 2 N–H and O–H groups in total. The van der Waals surface area contributed by atoms with E-state index in [-0.39, 0.29) is 0 Å². The molecule has 0 aliphatic carbocycles. The summed E-state index contributed by atoms with van der Waals surface area (Å²) in [6.45, 7) is 6.08. The molecular formula is C15H24N2O. The quantitative estimate of drug-likeness (QED) is 0.832. The van der Waals surface area contributed by atoms with Crippen molar-refractivity contribution >= 4 is 5.69 Å². The van der Waals surface area contributed by atoms with Crippen molar-refractivity contribution in [2.75, 3.05) is 32.5 Å². The SMILES string of the molecule is Cc1cc(CN(C)CC2CCOCC2)ccc1N. The lowest BCUT2D eigenvalue weighted by molar-refractivity contribution is 0.0549. The van der Waals surface area contributed by atoms with Crippen molar-refractivity contribution in [1.82, 2.24) is 4.90 Å². The van der Waals surface area contributed by atoms with Gasteiger partial charge in [-0.15, -0.1) is 0 Å². The second-order valence-corrected chi connectivity index (χ2v) is 5.44. The molecule has 0 saturated carbocycles. The normalized spacial score (nSPS) is 17.3. The molecule has 1 aliphatic heterocycles. The van der Waals surface area contributed by atoms with E-state index in [9.17, 15) is 0 Å². The van der Waals surface area contributed by atoms with Crippen LogP contribution in [0.4, 0.5) is 5.69 Å². The molecule has 3 nitrogen and oxygen atoms in total. The second kappa shape index (κ2) is 6.21. The number of nitrogen functional groups attached to an aromatic ring is 1. The Labute approximate surface area is 110 Å². The average molecular weight is 248 g/mol. The highest BCUT2D eigenvalue weighted by atomic mass is 16.5. The summed E-state index contributed by atoms with van der Waals surface area (Å²) in [6.07, 6.45) is 2.40. The molecule has 0 atom stereocenters. The molecule has 1 heterocycles. The molecule has 0 spiro atoms.